The first-order chi connectivity index (χ1) is 15.6. The number of benzene rings is 1. The molecule has 1 heterocycles. The van der Waals surface area contributed by atoms with Crippen molar-refractivity contribution in [1.82, 2.24) is 4.90 Å². The van der Waals surface area contributed by atoms with E-state index in [1.54, 1.807) is 7.11 Å². The van der Waals surface area contributed by atoms with Gasteiger partial charge in [-0.3, -0.25) is 9.79 Å². The summed E-state index contributed by atoms with van der Waals surface area (Å²) < 4.78 is 11.2. The SMILES string of the molecule is CCCCOC(=O)C1(CN2CCC(C=N[C@@H]3CC3c3ccccc3)(COC)CC2)CCC1. The number of carbonyl (C=O) groups excluding carboxylic acids is 1. The molecular formula is C27H40N2O3. The van der Waals surface area contributed by atoms with Crippen molar-refractivity contribution in [3.05, 3.63) is 35.9 Å². The van der Waals surface area contributed by atoms with E-state index >= 15 is 0 Å². The number of rotatable bonds is 11. The minimum Gasteiger partial charge on any atom is -0.465 e. The molecule has 3 aliphatic rings. The van der Waals surface area contributed by atoms with Gasteiger partial charge < -0.3 is 14.4 Å². The third kappa shape index (κ3) is 5.43. The first-order valence-electron chi connectivity index (χ1n) is 12.6. The average molecular weight is 441 g/mol. The molecule has 5 nitrogen and oxygen atoms in total. The lowest BCUT2D eigenvalue weighted by Gasteiger charge is -2.46. The van der Waals surface area contributed by atoms with Gasteiger partial charge in [-0.05, 0) is 57.2 Å². The number of likely N-dealkylation sites (tertiary alicyclic amines) is 1. The number of nitrogens with zero attached hydrogens (tertiary/aromatic N) is 2. The van der Waals surface area contributed by atoms with Gasteiger partial charge in [0.25, 0.3) is 0 Å². The highest BCUT2D eigenvalue weighted by Crippen LogP contribution is 2.45. The van der Waals surface area contributed by atoms with E-state index in [1.165, 1.54) is 5.56 Å². The molecule has 176 valence electrons. The topological polar surface area (TPSA) is 51.1 Å². The molecule has 0 bridgehead atoms. The number of unbranched alkanes of at least 4 members (excludes halogenated alkanes) is 1. The lowest BCUT2D eigenvalue weighted by molar-refractivity contribution is -0.164. The summed E-state index contributed by atoms with van der Waals surface area (Å²) in [5.41, 5.74) is 1.16. The molecule has 1 unspecified atom stereocenters. The summed E-state index contributed by atoms with van der Waals surface area (Å²) in [6.45, 7) is 6.24. The summed E-state index contributed by atoms with van der Waals surface area (Å²) in [6.07, 6.45) is 10.5. The lowest BCUT2D eigenvalue weighted by Crippen LogP contribution is -2.52. The van der Waals surface area contributed by atoms with Crippen molar-refractivity contribution in [1.29, 1.82) is 0 Å². The van der Waals surface area contributed by atoms with Gasteiger partial charge in [0.1, 0.15) is 0 Å². The Bertz CT molecular complexity index is 766. The van der Waals surface area contributed by atoms with Crippen LogP contribution in [-0.4, -0.2) is 63.1 Å². The predicted molar refractivity (Wildman–Crippen MR) is 128 cm³/mol. The molecule has 0 N–H and O–H groups in total. The third-order valence-corrected chi connectivity index (χ3v) is 7.81. The van der Waals surface area contributed by atoms with Crippen molar-refractivity contribution in [3.63, 3.8) is 0 Å². The van der Waals surface area contributed by atoms with Crippen LogP contribution in [0.4, 0.5) is 0 Å². The van der Waals surface area contributed by atoms with Crippen molar-refractivity contribution < 1.29 is 14.3 Å². The number of aliphatic imine (C=N–C) groups is 1. The number of methoxy groups -OCH3 is 1. The molecule has 0 radical (unpaired) electrons. The molecule has 1 aromatic rings. The maximum absolute atomic E-state index is 12.8. The molecule has 0 spiro atoms. The third-order valence-electron chi connectivity index (χ3n) is 7.81. The standard InChI is InChI=1S/C27H40N2O3/c1-3-4-17-32-25(30)27(11-8-12-27)20-29-15-13-26(14-16-29,21-31-2)19-28-24-18-23(24)22-9-6-5-7-10-22/h5-7,9-10,19,23-24H,3-4,8,11-18,20-21H2,1-2H3/t23?,24-/m1/s1. The minimum absolute atomic E-state index is 0.0174. The summed E-state index contributed by atoms with van der Waals surface area (Å²) >= 11 is 0. The van der Waals surface area contributed by atoms with Crippen LogP contribution < -0.4 is 0 Å². The van der Waals surface area contributed by atoms with Crippen molar-refractivity contribution in [2.75, 3.05) is 40.0 Å². The van der Waals surface area contributed by atoms with Gasteiger partial charge in [-0.2, -0.15) is 0 Å². The fourth-order valence-corrected chi connectivity index (χ4v) is 5.33. The highest BCUT2D eigenvalue weighted by Gasteiger charge is 2.48. The first-order valence-corrected chi connectivity index (χ1v) is 12.6. The van der Waals surface area contributed by atoms with Crippen LogP contribution in [0, 0.1) is 10.8 Å². The number of ether oxygens (including phenoxy) is 2. The second kappa shape index (κ2) is 10.5. The van der Waals surface area contributed by atoms with Crippen LogP contribution in [0.15, 0.2) is 35.3 Å². The van der Waals surface area contributed by atoms with Crippen LogP contribution in [0.2, 0.25) is 0 Å². The molecule has 32 heavy (non-hydrogen) atoms. The van der Waals surface area contributed by atoms with Gasteiger partial charge in [0.2, 0.25) is 0 Å². The molecule has 3 fully saturated rings. The average Bonchev–Trinajstić information content (AvgIpc) is 3.57. The molecular weight excluding hydrogens is 400 g/mol. The Morgan fingerprint density at radius 2 is 1.94 bits per heavy atom. The maximum atomic E-state index is 12.8. The molecule has 1 saturated heterocycles. The van der Waals surface area contributed by atoms with E-state index in [1.807, 2.05) is 0 Å². The van der Waals surface area contributed by atoms with E-state index in [0.29, 0.717) is 18.6 Å². The molecule has 0 aromatic heterocycles. The second-order valence-electron chi connectivity index (χ2n) is 10.3. The first kappa shape index (κ1) is 23.4. The Labute approximate surface area is 193 Å². The smallest absolute Gasteiger partial charge is 0.313 e. The van der Waals surface area contributed by atoms with Crippen LogP contribution in [0.25, 0.3) is 0 Å². The Hall–Kier alpha value is -1.72. The molecule has 5 heteroatoms. The van der Waals surface area contributed by atoms with Gasteiger partial charge in [-0.1, -0.05) is 50.1 Å². The molecule has 4 rings (SSSR count). The van der Waals surface area contributed by atoms with E-state index in [-0.39, 0.29) is 16.8 Å². The van der Waals surface area contributed by atoms with Gasteiger partial charge in [0.15, 0.2) is 0 Å². The molecule has 2 saturated carbocycles. The Morgan fingerprint density at radius 1 is 1.19 bits per heavy atom. The molecule has 2 aliphatic carbocycles. The summed E-state index contributed by atoms with van der Waals surface area (Å²) in [6, 6.07) is 11.2. The number of hydrogen-bond acceptors (Lipinski definition) is 5. The second-order valence-corrected chi connectivity index (χ2v) is 10.3. The summed E-state index contributed by atoms with van der Waals surface area (Å²) in [4.78, 5) is 20.3. The highest BCUT2D eigenvalue weighted by molar-refractivity contribution is 5.78. The van der Waals surface area contributed by atoms with Crippen molar-refractivity contribution in [2.45, 2.75) is 70.3 Å². The van der Waals surface area contributed by atoms with Gasteiger partial charge in [0, 0.05) is 31.2 Å². The lowest BCUT2D eigenvalue weighted by atomic mass is 9.68. The minimum atomic E-state index is -0.264. The Morgan fingerprint density at radius 3 is 2.56 bits per heavy atom. The largest absolute Gasteiger partial charge is 0.465 e. The fraction of sp³-hybridized carbons (Fsp3) is 0.704. The molecule has 0 amide bonds. The van der Waals surface area contributed by atoms with Gasteiger partial charge in [-0.25, -0.2) is 0 Å². The fourth-order valence-electron chi connectivity index (χ4n) is 5.33. The van der Waals surface area contributed by atoms with Gasteiger partial charge in [-0.15, -0.1) is 0 Å². The Kier molecular flexibility index (Phi) is 7.67. The van der Waals surface area contributed by atoms with Gasteiger partial charge >= 0.3 is 5.97 Å². The van der Waals surface area contributed by atoms with Gasteiger partial charge in [0.05, 0.1) is 24.7 Å². The van der Waals surface area contributed by atoms with Crippen molar-refractivity contribution >= 4 is 12.2 Å². The maximum Gasteiger partial charge on any atom is 0.313 e. The van der Waals surface area contributed by atoms with E-state index in [9.17, 15) is 4.79 Å². The molecule has 1 aliphatic heterocycles. The van der Waals surface area contributed by atoms with E-state index < -0.39 is 0 Å². The zero-order valence-corrected chi connectivity index (χ0v) is 19.9. The van der Waals surface area contributed by atoms with E-state index in [2.05, 4.69) is 48.4 Å². The Balaban J connectivity index is 1.30. The van der Waals surface area contributed by atoms with Crippen LogP contribution in [0.1, 0.15) is 69.8 Å². The number of hydrogen-bond donors (Lipinski definition) is 0. The van der Waals surface area contributed by atoms with Crippen LogP contribution in [-0.2, 0) is 14.3 Å². The van der Waals surface area contributed by atoms with Crippen LogP contribution in [0.5, 0.6) is 0 Å². The van der Waals surface area contributed by atoms with Crippen LogP contribution in [0.3, 0.4) is 0 Å². The van der Waals surface area contributed by atoms with Crippen molar-refractivity contribution in [2.24, 2.45) is 15.8 Å². The zero-order valence-electron chi connectivity index (χ0n) is 19.9. The quantitative estimate of drug-likeness (QED) is 0.280. The number of piperidine rings is 1. The molecule has 2 atom stereocenters. The van der Waals surface area contributed by atoms with E-state index in [4.69, 9.17) is 14.5 Å². The van der Waals surface area contributed by atoms with Crippen LogP contribution >= 0.6 is 0 Å². The zero-order chi connectivity index (χ0) is 22.4. The summed E-state index contributed by atoms with van der Waals surface area (Å²) in [5.74, 6) is 0.609. The predicted octanol–water partition coefficient (Wildman–Crippen LogP) is 4.86. The van der Waals surface area contributed by atoms with E-state index in [0.717, 1.165) is 77.6 Å². The number of esters is 1. The summed E-state index contributed by atoms with van der Waals surface area (Å²) in [5, 5.41) is 0. The number of carbonyl (C=O) groups is 1. The summed E-state index contributed by atoms with van der Waals surface area (Å²) in [7, 11) is 1.79. The molecule has 1 aromatic carbocycles. The monoisotopic (exact) mass is 440 g/mol. The highest BCUT2D eigenvalue weighted by atomic mass is 16.5. The van der Waals surface area contributed by atoms with Crippen molar-refractivity contribution in [3.8, 4) is 0 Å². The normalized spacial score (nSPS) is 26.6.